The molecule has 4 nitrogen and oxygen atoms in total. The van der Waals surface area contributed by atoms with Crippen LogP contribution in [0.25, 0.3) is 0 Å². The Bertz CT molecular complexity index is 539. The zero-order valence-corrected chi connectivity index (χ0v) is 11.6. The highest BCUT2D eigenvalue weighted by atomic mass is 32.1. The van der Waals surface area contributed by atoms with E-state index in [-0.39, 0.29) is 6.04 Å². The molecule has 1 unspecified atom stereocenters. The highest BCUT2D eigenvalue weighted by Gasteiger charge is 2.19. The van der Waals surface area contributed by atoms with Crippen LogP contribution in [0.15, 0.2) is 18.2 Å². The fourth-order valence-electron chi connectivity index (χ4n) is 1.93. The number of nitrogens with zero attached hydrogens (tertiary/aromatic N) is 2. The van der Waals surface area contributed by atoms with Crippen molar-refractivity contribution >= 4 is 11.5 Å². The summed E-state index contributed by atoms with van der Waals surface area (Å²) in [5.74, 6) is 0.809. The lowest BCUT2D eigenvalue weighted by molar-refractivity contribution is 0.408. The van der Waals surface area contributed by atoms with Crippen LogP contribution in [0.5, 0.6) is 5.75 Å². The minimum atomic E-state index is -0.227. The SMILES string of the molecule is CCc1nnsc1C(N)c1cc(C)ccc1OC. The van der Waals surface area contributed by atoms with Crippen LogP contribution in [0.3, 0.4) is 0 Å². The van der Waals surface area contributed by atoms with Gasteiger partial charge in [-0.25, -0.2) is 0 Å². The molecule has 1 aromatic heterocycles. The molecular formula is C13H17N3OS. The molecule has 2 N–H and O–H groups in total. The summed E-state index contributed by atoms with van der Waals surface area (Å²) >= 11 is 1.36. The van der Waals surface area contributed by atoms with Crippen molar-refractivity contribution in [1.29, 1.82) is 0 Å². The third-order valence-corrected chi connectivity index (χ3v) is 3.77. The fraction of sp³-hybridized carbons (Fsp3) is 0.385. The molecule has 5 heteroatoms. The first kappa shape index (κ1) is 13.0. The summed E-state index contributed by atoms with van der Waals surface area (Å²) in [6.07, 6.45) is 0.841. The van der Waals surface area contributed by atoms with Crippen molar-refractivity contribution in [2.24, 2.45) is 5.73 Å². The van der Waals surface area contributed by atoms with Crippen molar-refractivity contribution in [1.82, 2.24) is 9.59 Å². The summed E-state index contributed by atoms with van der Waals surface area (Å²) in [4.78, 5) is 1.02. The van der Waals surface area contributed by atoms with E-state index in [2.05, 4.69) is 22.6 Å². The normalized spacial score (nSPS) is 12.4. The lowest BCUT2D eigenvalue weighted by Crippen LogP contribution is -2.13. The Morgan fingerprint density at radius 2 is 2.22 bits per heavy atom. The van der Waals surface area contributed by atoms with Crippen LogP contribution in [0.1, 0.15) is 34.7 Å². The smallest absolute Gasteiger partial charge is 0.124 e. The van der Waals surface area contributed by atoms with Crippen molar-refractivity contribution in [3.63, 3.8) is 0 Å². The minimum absolute atomic E-state index is 0.227. The van der Waals surface area contributed by atoms with E-state index in [1.807, 2.05) is 19.1 Å². The first-order valence-corrected chi connectivity index (χ1v) is 6.66. The van der Waals surface area contributed by atoms with Gasteiger partial charge in [-0.2, -0.15) is 0 Å². The van der Waals surface area contributed by atoms with Crippen LogP contribution in [0.2, 0.25) is 0 Å². The van der Waals surface area contributed by atoms with Gasteiger partial charge in [-0.3, -0.25) is 0 Å². The molecule has 1 heterocycles. The number of benzene rings is 1. The maximum atomic E-state index is 6.33. The van der Waals surface area contributed by atoms with E-state index in [1.165, 1.54) is 11.5 Å². The van der Waals surface area contributed by atoms with Crippen molar-refractivity contribution < 1.29 is 4.74 Å². The second kappa shape index (κ2) is 5.46. The predicted molar refractivity (Wildman–Crippen MR) is 73.0 cm³/mol. The Labute approximate surface area is 111 Å². The molecule has 18 heavy (non-hydrogen) atoms. The number of rotatable bonds is 4. The zero-order valence-electron chi connectivity index (χ0n) is 10.8. The summed E-state index contributed by atoms with van der Waals surface area (Å²) in [6.45, 7) is 4.10. The molecule has 0 fully saturated rings. The van der Waals surface area contributed by atoms with Gasteiger partial charge in [0.05, 0.1) is 23.7 Å². The van der Waals surface area contributed by atoms with Gasteiger partial charge < -0.3 is 10.5 Å². The lowest BCUT2D eigenvalue weighted by atomic mass is 10.0. The number of hydrogen-bond donors (Lipinski definition) is 1. The highest BCUT2D eigenvalue weighted by Crippen LogP contribution is 2.32. The molecule has 0 saturated carbocycles. The van der Waals surface area contributed by atoms with Gasteiger partial charge in [0.1, 0.15) is 5.75 Å². The largest absolute Gasteiger partial charge is 0.496 e. The van der Waals surface area contributed by atoms with E-state index in [9.17, 15) is 0 Å². The Balaban J connectivity index is 2.45. The van der Waals surface area contributed by atoms with Gasteiger partial charge in [0, 0.05) is 5.56 Å². The van der Waals surface area contributed by atoms with E-state index in [4.69, 9.17) is 10.5 Å². The minimum Gasteiger partial charge on any atom is -0.496 e. The van der Waals surface area contributed by atoms with Gasteiger partial charge in [-0.1, -0.05) is 29.1 Å². The maximum absolute atomic E-state index is 6.33. The molecular weight excluding hydrogens is 246 g/mol. The number of methoxy groups -OCH3 is 1. The second-order valence-corrected chi connectivity index (χ2v) is 4.95. The quantitative estimate of drug-likeness (QED) is 0.920. The first-order chi connectivity index (χ1) is 8.67. The molecule has 0 radical (unpaired) electrons. The number of aryl methyl sites for hydroxylation is 2. The Hall–Kier alpha value is -1.46. The molecule has 0 bridgehead atoms. The van der Waals surface area contributed by atoms with E-state index in [1.54, 1.807) is 7.11 Å². The topological polar surface area (TPSA) is 61.0 Å². The molecule has 0 aliphatic heterocycles. The van der Waals surface area contributed by atoms with Crippen molar-refractivity contribution in [2.75, 3.05) is 7.11 Å². The van der Waals surface area contributed by atoms with Crippen molar-refractivity contribution in [3.05, 3.63) is 39.9 Å². The van der Waals surface area contributed by atoms with E-state index in [0.717, 1.165) is 33.9 Å². The molecule has 0 aliphatic carbocycles. The summed E-state index contributed by atoms with van der Waals surface area (Å²) in [6, 6.07) is 5.79. The van der Waals surface area contributed by atoms with E-state index >= 15 is 0 Å². The monoisotopic (exact) mass is 263 g/mol. The fourth-order valence-corrected chi connectivity index (χ4v) is 2.69. The van der Waals surface area contributed by atoms with Crippen LogP contribution in [-0.4, -0.2) is 16.7 Å². The van der Waals surface area contributed by atoms with Gasteiger partial charge in [-0.15, -0.1) is 5.10 Å². The third-order valence-electron chi connectivity index (χ3n) is 2.92. The number of hydrogen-bond acceptors (Lipinski definition) is 5. The van der Waals surface area contributed by atoms with E-state index < -0.39 is 0 Å². The molecule has 0 amide bonds. The third kappa shape index (κ3) is 2.37. The Kier molecular flexibility index (Phi) is 3.93. The number of ether oxygens (including phenoxy) is 1. The standard InChI is InChI=1S/C13H17N3OS/c1-4-10-13(18-16-15-10)12(14)9-7-8(2)5-6-11(9)17-3/h5-7,12H,4,14H2,1-3H3. The molecule has 0 spiro atoms. The van der Waals surface area contributed by atoms with Crippen LogP contribution < -0.4 is 10.5 Å². The zero-order chi connectivity index (χ0) is 13.1. The molecule has 2 rings (SSSR count). The molecule has 1 aromatic carbocycles. The van der Waals surface area contributed by atoms with Gasteiger partial charge in [0.25, 0.3) is 0 Å². The maximum Gasteiger partial charge on any atom is 0.124 e. The Morgan fingerprint density at radius 3 is 2.89 bits per heavy atom. The number of nitrogens with two attached hydrogens (primary N) is 1. The van der Waals surface area contributed by atoms with Crippen molar-refractivity contribution in [2.45, 2.75) is 26.3 Å². The van der Waals surface area contributed by atoms with Crippen LogP contribution in [0, 0.1) is 6.92 Å². The lowest BCUT2D eigenvalue weighted by Gasteiger charge is -2.15. The van der Waals surface area contributed by atoms with Gasteiger partial charge in [0.15, 0.2) is 0 Å². The van der Waals surface area contributed by atoms with E-state index in [0.29, 0.717) is 0 Å². The predicted octanol–water partition coefficient (Wildman–Crippen LogP) is 2.47. The summed E-state index contributed by atoms with van der Waals surface area (Å²) in [5, 5.41) is 4.11. The number of aromatic nitrogens is 2. The molecule has 2 aromatic rings. The molecule has 1 atom stereocenters. The summed E-state index contributed by atoms with van der Waals surface area (Å²) < 4.78 is 9.37. The van der Waals surface area contributed by atoms with Crippen LogP contribution in [-0.2, 0) is 6.42 Å². The second-order valence-electron chi connectivity index (χ2n) is 4.16. The van der Waals surface area contributed by atoms with Crippen LogP contribution >= 0.6 is 11.5 Å². The van der Waals surface area contributed by atoms with Gasteiger partial charge >= 0.3 is 0 Å². The summed E-state index contributed by atoms with van der Waals surface area (Å²) in [5.41, 5.74) is 9.45. The molecule has 0 saturated heterocycles. The molecule has 0 aliphatic rings. The first-order valence-electron chi connectivity index (χ1n) is 5.88. The van der Waals surface area contributed by atoms with Crippen LogP contribution in [0.4, 0.5) is 0 Å². The Morgan fingerprint density at radius 1 is 1.44 bits per heavy atom. The highest BCUT2D eigenvalue weighted by molar-refractivity contribution is 7.05. The summed E-state index contributed by atoms with van der Waals surface area (Å²) in [7, 11) is 1.66. The van der Waals surface area contributed by atoms with Gasteiger partial charge in [0.2, 0.25) is 0 Å². The van der Waals surface area contributed by atoms with Crippen molar-refractivity contribution in [3.8, 4) is 5.75 Å². The average Bonchev–Trinajstić information content (AvgIpc) is 2.86. The average molecular weight is 263 g/mol. The van der Waals surface area contributed by atoms with Gasteiger partial charge in [-0.05, 0) is 30.9 Å². The molecule has 96 valence electrons.